The maximum atomic E-state index is 6.72. The molecule has 0 saturated heterocycles. The van der Waals surface area contributed by atoms with Crippen molar-refractivity contribution >= 4 is 41.0 Å². The van der Waals surface area contributed by atoms with Crippen molar-refractivity contribution in [2.24, 2.45) is 0 Å². The number of imidazole rings is 1. The van der Waals surface area contributed by atoms with Gasteiger partial charge < -0.3 is 9.32 Å². The van der Waals surface area contributed by atoms with Crippen LogP contribution < -0.4 is 4.57 Å². The van der Waals surface area contributed by atoms with Crippen LogP contribution in [-0.4, -0.2) is 29.6 Å². The van der Waals surface area contributed by atoms with Gasteiger partial charge in [0.2, 0.25) is 0 Å². The van der Waals surface area contributed by atoms with Crippen LogP contribution in [0.5, 0.6) is 0 Å². The van der Waals surface area contributed by atoms with Crippen LogP contribution in [0.1, 0.15) is 94.9 Å². The molecule has 0 aliphatic carbocycles. The molecule has 9 rings (SSSR count). The summed E-state index contributed by atoms with van der Waals surface area (Å²) in [6.45, 7) is 29.7. The predicted octanol–water partition coefficient (Wildman–Crippen LogP) is 15.5. The Kier molecular flexibility index (Phi) is 11.7. The van der Waals surface area contributed by atoms with Crippen molar-refractivity contribution in [3.05, 3.63) is 179 Å². The first-order valence-corrected chi connectivity index (χ1v) is 27.1. The van der Waals surface area contributed by atoms with Crippen LogP contribution in [0.2, 0.25) is 19.6 Å². The van der Waals surface area contributed by atoms with E-state index in [1.54, 1.807) is 0 Å². The molecule has 0 bridgehead atoms. The van der Waals surface area contributed by atoms with Crippen LogP contribution in [0.25, 0.3) is 61.2 Å². The molecular weight excluding hydrogens is 795 g/mol. The number of aromatic nitrogens is 2. The van der Waals surface area contributed by atoms with Crippen molar-refractivity contribution in [1.82, 2.24) is 9.47 Å². The molecule has 1 aliphatic heterocycles. The van der Waals surface area contributed by atoms with Crippen molar-refractivity contribution in [3.8, 4) is 28.2 Å². The summed E-state index contributed by atoms with van der Waals surface area (Å²) < 4.78 is 12.0. The lowest BCUT2D eigenvalue weighted by molar-refractivity contribution is -0.652. The largest absolute Gasteiger partial charge is 0.456 e. The van der Waals surface area contributed by atoms with E-state index in [1.807, 2.05) is 0 Å². The Balaban J connectivity index is 1.40. The SMILES string of the molecule is C=C1C[n+]2c(n(-c3c(C(C)C)cc(-c4ccccc4)cc3C(C)C)c3ccccc32)-c2cc3c(cc2CCC(c2ccccc2)C1N(/C=C(\C)[Si](C)(C)C)C(C)C)oc1ccccc13. The summed E-state index contributed by atoms with van der Waals surface area (Å²) in [6, 6.07) is 49.9. The second kappa shape index (κ2) is 17.2. The van der Waals surface area contributed by atoms with Crippen molar-refractivity contribution < 1.29 is 8.98 Å². The first kappa shape index (κ1) is 43.3. The molecule has 3 heterocycles. The molecule has 2 atom stereocenters. The fourth-order valence-electron chi connectivity index (χ4n) is 10.2. The lowest BCUT2D eigenvalue weighted by atomic mass is 9.80. The summed E-state index contributed by atoms with van der Waals surface area (Å²) in [5.41, 5.74) is 15.9. The molecule has 326 valence electrons. The van der Waals surface area contributed by atoms with Gasteiger partial charge in [0, 0.05) is 33.9 Å². The minimum absolute atomic E-state index is 0.0512. The Labute approximate surface area is 382 Å². The van der Waals surface area contributed by atoms with Crippen LogP contribution in [0.15, 0.2) is 161 Å². The molecule has 0 radical (unpaired) electrons. The number of hydrogen-bond acceptors (Lipinski definition) is 2. The van der Waals surface area contributed by atoms with E-state index < -0.39 is 8.07 Å². The van der Waals surface area contributed by atoms with Crippen LogP contribution >= 0.6 is 0 Å². The summed E-state index contributed by atoms with van der Waals surface area (Å²) in [5.74, 6) is 1.93. The molecular formula is C59H66N3OSi+. The molecule has 0 spiro atoms. The Hall–Kier alpha value is -5.91. The fourth-order valence-corrected chi connectivity index (χ4v) is 10.7. The lowest BCUT2D eigenvalue weighted by Crippen LogP contribution is -2.47. The summed E-state index contributed by atoms with van der Waals surface area (Å²) in [4.78, 5) is 2.67. The van der Waals surface area contributed by atoms with Gasteiger partial charge in [0.1, 0.15) is 23.4 Å². The van der Waals surface area contributed by atoms with Crippen molar-refractivity contribution in [1.29, 1.82) is 0 Å². The van der Waals surface area contributed by atoms with Crippen LogP contribution in [0.3, 0.4) is 0 Å². The van der Waals surface area contributed by atoms with Gasteiger partial charge in [-0.25, -0.2) is 4.57 Å². The summed E-state index contributed by atoms with van der Waals surface area (Å²) in [5, 5.41) is 3.80. The third-order valence-corrected chi connectivity index (χ3v) is 16.5. The molecule has 6 aromatic carbocycles. The van der Waals surface area contributed by atoms with Gasteiger partial charge in [0.25, 0.3) is 5.82 Å². The van der Waals surface area contributed by atoms with E-state index in [2.05, 4.69) is 222 Å². The molecule has 0 N–H and O–H groups in total. The number of benzene rings is 6. The van der Waals surface area contributed by atoms with E-state index in [4.69, 9.17) is 11.0 Å². The standard InChI is InChI=1S/C59H66N3OSi/c1-38(2)49-32-46(43-22-14-12-15-23-43)33-50(39(3)4)58(49)62-54-28-20-19-27-53(54)61-36-41(7)57(60(40(5)6)37-42(8)64(9,10)11)47(44-24-16-13-17-25-44)31-30-45-34-56-52(35-51(45)59(61)62)48-26-18-21-29-55(48)63-56/h12-29,32-35,37-40,47,57H,7,30-31,36H2,1-6,8-11H3/q+1/b42-37+. The maximum absolute atomic E-state index is 6.72. The highest BCUT2D eigenvalue weighted by atomic mass is 28.3. The average Bonchev–Trinajstić information content (AvgIpc) is 3.80. The number of aryl methyl sites for hydroxylation is 1. The van der Waals surface area contributed by atoms with Gasteiger partial charge in [0.05, 0.1) is 19.7 Å². The van der Waals surface area contributed by atoms with E-state index in [0.29, 0.717) is 6.54 Å². The fraction of sp³-hybridized carbons (Fsp3) is 0.305. The molecule has 8 aromatic rings. The van der Waals surface area contributed by atoms with Gasteiger partial charge in [-0.05, 0) is 122 Å². The molecule has 4 nitrogen and oxygen atoms in total. The predicted molar refractivity (Wildman–Crippen MR) is 274 cm³/mol. The number of hydrogen-bond donors (Lipinski definition) is 0. The minimum Gasteiger partial charge on any atom is -0.456 e. The van der Waals surface area contributed by atoms with E-state index in [1.165, 1.54) is 72.3 Å². The summed E-state index contributed by atoms with van der Waals surface area (Å²) >= 11 is 0. The highest BCUT2D eigenvalue weighted by Crippen LogP contribution is 2.44. The second-order valence-corrected chi connectivity index (χ2v) is 25.6. The Morgan fingerprint density at radius 1 is 0.734 bits per heavy atom. The molecule has 1 aliphatic rings. The van der Waals surface area contributed by atoms with Gasteiger partial charge >= 0.3 is 0 Å². The zero-order valence-electron chi connectivity index (χ0n) is 39.7. The average molecular weight is 861 g/mol. The number of rotatable bonds is 9. The second-order valence-electron chi connectivity index (χ2n) is 20.3. The topological polar surface area (TPSA) is 25.2 Å². The number of nitrogens with zero attached hydrogens (tertiary/aromatic N) is 3. The zero-order valence-corrected chi connectivity index (χ0v) is 40.7. The number of allylic oxidation sites excluding steroid dienone is 1. The monoisotopic (exact) mass is 860 g/mol. The summed E-state index contributed by atoms with van der Waals surface area (Å²) in [7, 11) is -1.60. The van der Waals surface area contributed by atoms with Crippen LogP contribution in [-0.2, 0) is 13.0 Å². The van der Waals surface area contributed by atoms with E-state index in [0.717, 1.165) is 34.8 Å². The van der Waals surface area contributed by atoms with E-state index in [-0.39, 0.29) is 29.8 Å². The Bertz CT molecular complexity index is 3000. The maximum Gasteiger partial charge on any atom is 0.295 e. The Morgan fingerprint density at radius 3 is 2.02 bits per heavy atom. The van der Waals surface area contributed by atoms with Gasteiger partial charge in [-0.3, -0.25) is 0 Å². The van der Waals surface area contributed by atoms with Crippen LogP contribution in [0, 0.1) is 0 Å². The van der Waals surface area contributed by atoms with Gasteiger partial charge in [0.15, 0.2) is 11.0 Å². The number of fused-ring (bicyclic) bond motifs is 8. The molecule has 0 saturated carbocycles. The zero-order chi connectivity index (χ0) is 45.0. The minimum atomic E-state index is -1.60. The van der Waals surface area contributed by atoms with Gasteiger partial charge in [-0.2, -0.15) is 4.57 Å². The summed E-state index contributed by atoms with van der Waals surface area (Å²) in [6.07, 6.45) is 4.35. The van der Waals surface area contributed by atoms with Crippen molar-refractivity contribution in [3.63, 3.8) is 0 Å². The first-order valence-electron chi connectivity index (χ1n) is 23.6. The highest BCUT2D eigenvalue weighted by Gasteiger charge is 2.39. The van der Waals surface area contributed by atoms with Crippen LogP contribution in [0.4, 0.5) is 0 Å². The molecule has 0 amide bonds. The smallest absolute Gasteiger partial charge is 0.295 e. The molecule has 2 aromatic heterocycles. The molecule has 5 heteroatoms. The normalized spacial score (nSPS) is 16.3. The Morgan fingerprint density at radius 2 is 1.36 bits per heavy atom. The molecule has 0 fully saturated rings. The first-order chi connectivity index (χ1) is 30.7. The quantitative estimate of drug-likeness (QED) is 0.0821. The number of furan rings is 1. The third-order valence-electron chi connectivity index (χ3n) is 14.0. The van der Waals surface area contributed by atoms with Gasteiger partial charge in [-0.15, -0.1) is 0 Å². The van der Waals surface area contributed by atoms with Gasteiger partial charge in [-0.1, -0.05) is 150 Å². The molecule has 64 heavy (non-hydrogen) atoms. The van der Waals surface area contributed by atoms with E-state index >= 15 is 0 Å². The lowest BCUT2D eigenvalue weighted by Gasteiger charge is -2.42. The van der Waals surface area contributed by atoms with Crippen molar-refractivity contribution in [2.75, 3.05) is 0 Å². The van der Waals surface area contributed by atoms with E-state index in [9.17, 15) is 0 Å². The third kappa shape index (κ3) is 7.87. The number of para-hydroxylation sites is 3. The van der Waals surface area contributed by atoms with Crippen molar-refractivity contribution in [2.45, 2.75) is 117 Å². The molecule has 2 unspecified atom stereocenters. The highest BCUT2D eigenvalue weighted by molar-refractivity contribution is 6.82.